The summed E-state index contributed by atoms with van der Waals surface area (Å²) in [4.78, 5) is 14.5. The van der Waals surface area contributed by atoms with E-state index < -0.39 is 5.91 Å². The van der Waals surface area contributed by atoms with Crippen LogP contribution < -0.4 is 20.9 Å². The summed E-state index contributed by atoms with van der Waals surface area (Å²) >= 11 is 5.18. The molecule has 7 nitrogen and oxygen atoms in total. The van der Waals surface area contributed by atoms with Crippen LogP contribution in [0, 0.1) is 0 Å². The highest BCUT2D eigenvalue weighted by molar-refractivity contribution is 7.80. The molecule has 164 valence electrons. The average molecular weight is 433 g/mol. The Balaban J connectivity index is 1.68. The first-order valence-corrected chi connectivity index (χ1v) is 10.8. The number of hydrazine groups is 1. The molecule has 0 spiro atoms. The van der Waals surface area contributed by atoms with Gasteiger partial charge < -0.3 is 19.4 Å². The molecule has 30 heavy (non-hydrogen) atoms. The van der Waals surface area contributed by atoms with Gasteiger partial charge in [0.1, 0.15) is 18.1 Å². The molecule has 0 fully saturated rings. The molecule has 1 heterocycles. The van der Waals surface area contributed by atoms with Crippen molar-refractivity contribution in [1.82, 2.24) is 21.1 Å². The molecular weight excluding hydrogens is 400 g/mol. The molecule has 2 aromatic rings. The Morgan fingerprint density at radius 1 is 1.07 bits per heavy atom. The molecule has 2 rings (SSSR count). The number of rotatable bonds is 11. The number of aryl methyl sites for hydroxylation is 1. The molecule has 0 saturated carbocycles. The summed E-state index contributed by atoms with van der Waals surface area (Å²) in [6, 6.07) is 11.2. The second-order valence-corrected chi connectivity index (χ2v) is 7.18. The van der Waals surface area contributed by atoms with Crippen molar-refractivity contribution in [3.05, 3.63) is 53.5 Å². The van der Waals surface area contributed by atoms with E-state index in [4.69, 9.17) is 21.4 Å². The van der Waals surface area contributed by atoms with Crippen LogP contribution in [-0.4, -0.2) is 42.1 Å². The van der Waals surface area contributed by atoms with Gasteiger partial charge in [0.05, 0.1) is 0 Å². The third kappa shape index (κ3) is 8.04. The van der Waals surface area contributed by atoms with Crippen LogP contribution in [0.1, 0.15) is 49.1 Å². The molecule has 0 bridgehead atoms. The summed E-state index contributed by atoms with van der Waals surface area (Å²) in [6.45, 7) is 10.5. The molecule has 0 unspecified atom stereocenters. The van der Waals surface area contributed by atoms with E-state index in [0.717, 1.165) is 44.8 Å². The maximum Gasteiger partial charge on any atom is 0.305 e. The number of carbonyl (C=O) groups is 1. The molecule has 1 amide bonds. The zero-order chi connectivity index (χ0) is 21.8. The van der Waals surface area contributed by atoms with Gasteiger partial charge in [-0.25, -0.2) is 0 Å². The minimum Gasteiger partial charge on any atom is -0.486 e. The van der Waals surface area contributed by atoms with Crippen molar-refractivity contribution in [1.29, 1.82) is 0 Å². The van der Waals surface area contributed by atoms with Crippen LogP contribution in [0.3, 0.4) is 0 Å². The first-order valence-electron chi connectivity index (χ1n) is 10.4. The molecule has 1 aromatic carbocycles. The summed E-state index contributed by atoms with van der Waals surface area (Å²) in [5, 5.41) is 3.44. The van der Waals surface area contributed by atoms with E-state index in [1.165, 1.54) is 5.56 Å². The number of carbonyl (C=O) groups excluding carboxylic acids is 1. The fourth-order valence-electron chi connectivity index (χ4n) is 2.82. The maximum absolute atomic E-state index is 12.2. The molecule has 3 N–H and O–H groups in total. The van der Waals surface area contributed by atoms with Gasteiger partial charge in [-0.15, -0.1) is 0 Å². The SMILES string of the molecule is CCc1ccc(OCc2ccc(C(=O)NNC(=S)NCCCN(CC)CC)o2)cc1. The van der Waals surface area contributed by atoms with Crippen LogP contribution >= 0.6 is 12.2 Å². The first-order chi connectivity index (χ1) is 14.5. The lowest BCUT2D eigenvalue weighted by atomic mass is 10.2. The third-order valence-electron chi connectivity index (χ3n) is 4.72. The molecule has 1 aromatic heterocycles. The van der Waals surface area contributed by atoms with Crippen LogP contribution in [0.2, 0.25) is 0 Å². The average Bonchev–Trinajstić information content (AvgIpc) is 3.25. The highest BCUT2D eigenvalue weighted by atomic mass is 32.1. The van der Waals surface area contributed by atoms with Crippen LogP contribution in [0.25, 0.3) is 0 Å². The molecule has 0 radical (unpaired) electrons. The van der Waals surface area contributed by atoms with Crippen LogP contribution in [0.4, 0.5) is 0 Å². The Morgan fingerprint density at radius 3 is 2.47 bits per heavy atom. The van der Waals surface area contributed by atoms with Gasteiger partial charge in [-0.1, -0.05) is 32.9 Å². The normalized spacial score (nSPS) is 10.7. The summed E-state index contributed by atoms with van der Waals surface area (Å²) in [5.41, 5.74) is 6.48. The Morgan fingerprint density at radius 2 is 1.80 bits per heavy atom. The largest absolute Gasteiger partial charge is 0.486 e. The zero-order valence-corrected chi connectivity index (χ0v) is 18.8. The highest BCUT2D eigenvalue weighted by Crippen LogP contribution is 2.16. The van der Waals surface area contributed by atoms with Gasteiger partial charge >= 0.3 is 5.91 Å². The van der Waals surface area contributed by atoms with Crippen molar-refractivity contribution in [2.24, 2.45) is 0 Å². The lowest BCUT2D eigenvalue weighted by Crippen LogP contribution is -2.47. The lowest BCUT2D eigenvalue weighted by molar-refractivity contribution is 0.0911. The van der Waals surface area contributed by atoms with Gasteiger partial charge in [0.15, 0.2) is 10.9 Å². The van der Waals surface area contributed by atoms with Gasteiger partial charge in [0, 0.05) is 6.54 Å². The molecule has 0 aliphatic rings. The molecule has 0 saturated heterocycles. The standard InChI is InChI=1S/C22H32N4O3S/c1-4-17-8-10-18(11-9-17)28-16-19-12-13-20(29-19)21(27)24-25-22(30)23-14-7-15-26(5-2)6-3/h8-13H,4-7,14-16H2,1-3H3,(H,24,27)(H2,23,25,30). The third-order valence-corrected chi connectivity index (χ3v) is 4.97. The number of thiocarbonyl (C=S) groups is 1. The number of nitrogens with one attached hydrogen (secondary N) is 3. The number of nitrogens with zero attached hydrogens (tertiary/aromatic N) is 1. The van der Waals surface area contributed by atoms with Crippen molar-refractivity contribution >= 4 is 23.2 Å². The van der Waals surface area contributed by atoms with Gasteiger partial charge in [-0.3, -0.25) is 15.6 Å². The number of hydrogen-bond acceptors (Lipinski definition) is 5. The topological polar surface area (TPSA) is 78.8 Å². The molecular formula is C22H32N4O3S. The minimum absolute atomic E-state index is 0.187. The molecule has 0 atom stereocenters. The summed E-state index contributed by atoms with van der Waals surface area (Å²) < 4.78 is 11.2. The Kier molecular flexibility index (Phi) is 10.2. The van der Waals surface area contributed by atoms with Gasteiger partial charge in [-0.05, 0) is 74.5 Å². The Hall–Kier alpha value is -2.58. The van der Waals surface area contributed by atoms with Crippen molar-refractivity contribution in [3.63, 3.8) is 0 Å². The Labute approximate surface area is 184 Å². The fourth-order valence-corrected chi connectivity index (χ4v) is 2.97. The smallest absolute Gasteiger partial charge is 0.305 e. The van der Waals surface area contributed by atoms with Crippen LogP contribution in [0.15, 0.2) is 40.8 Å². The second kappa shape index (κ2) is 12.9. The first kappa shape index (κ1) is 23.7. The summed E-state index contributed by atoms with van der Waals surface area (Å²) in [6.07, 6.45) is 1.96. The van der Waals surface area contributed by atoms with E-state index in [0.29, 0.717) is 10.9 Å². The van der Waals surface area contributed by atoms with Gasteiger partial charge in [-0.2, -0.15) is 0 Å². The monoisotopic (exact) mass is 432 g/mol. The lowest BCUT2D eigenvalue weighted by Gasteiger charge is -2.18. The van der Waals surface area contributed by atoms with E-state index in [9.17, 15) is 4.79 Å². The number of furan rings is 1. The second-order valence-electron chi connectivity index (χ2n) is 6.77. The van der Waals surface area contributed by atoms with Crippen molar-refractivity contribution in [2.75, 3.05) is 26.2 Å². The van der Waals surface area contributed by atoms with E-state index >= 15 is 0 Å². The van der Waals surface area contributed by atoms with E-state index in [-0.39, 0.29) is 12.4 Å². The summed E-state index contributed by atoms with van der Waals surface area (Å²) in [5.74, 6) is 1.11. The van der Waals surface area contributed by atoms with Crippen LogP contribution in [-0.2, 0) is 13.0 Å². The van der Waals surface area contributed by atoms with Gasteiger partial charge in [0.2, 0.25) is 0 Å². The Bertz CT molecular complexity index is 788. The van der Waals surface area contributed by atoms with E-state index in [2.05, 4.69) is 41.8 Å². The number of amides is 1. The van der Waals surface area contributed by atoms with E-state index in [1.807, 2.05) is 24.3 Å². The number of benzene rings is 1. The fraction of sp³-hybridized carbons (Fsp3) is 0.455. The zero-order valence-electron chi connectivity index (χ0n) is 18.0. The highest BCUT2D eigenvalue weighted by Gasteiger charge is 2.12. The van der Waals surface area contributed by atoms with Crippen molar-refractivity contribution < 1.29 is 13.9 Å². The van der Waals surface area contributed by atoms with Crippen molar-refractivity contribution in [3.8, 4) is 5.75 Å². The maximum atomic E-state index is 12.2. The predicted molar refractivity (Wildman–Crippen MR) is 122 cm³/mol. The molecule has 8 heteroatoms. The van der Waals surface area contributed by atoms with Gasteiger partial charge in [0.25, 0.3) is 0 Å². The molecule has 0 aliphatic carbocycles. The quantitative estimate of drug-likeness (QED) is 0.286. The van der Waals surface area contributed by atoms with Crippen LogP contribution in [0.5, 0.6) is 5.75 Å². The number of hydrogen-bond donors (Lipinski definition) is 3. The van der Waals surface area contributed by atoms with Crippen molar-refractivity contribution in [2.45, 2.75) is 40.2 Å². The summed E-state index contributed by atoms with van der Waals surface area (Å²) in [7, 11) is 0. The minimum atomic E-state index is -0.402. The predicted octanol–water partition coefficient (Wildman–Crippen LogP) is 3.26. The molecule has 0 aliphatic heterocycles. The number of ether oxygens (including phenoxy) is 1. The van der Waals surface area contributed by atoms with E-state index in [1.54, 1.807) is 12.1 Å².